The second-order valence-electron chi connectivity index (χ2n) is 3.97. The van der Waals surface area contributed by atoms with Gasteiger partial charge in [0, 0.05) is 11.6 Å². The van der Waals surface area contributed by atoms with Crippen LogP contribution in [0.25, 0.3) is 0 Å². The van der Waals surface area contributed by atoms with Crippen molar-refractivity contribution >= 4 is 29.0 Å². The summed E-state index contributed by atoms with van der Waals surface area (Å²) in [5.41, 5.74) is 0.504. The fourth-order valence-corrected chi connectivity index (χ4v) is 1.75. The van der Waals surface area contributed by atoms with Gasteiger partial charge in [-0.15, -0.1) is 0 Å². The molecule has 2 unspecified atom stereocenters. The van der Waals surface area contributed by atoms with E-state index in [-0.39, 0.29) is 24.5 Å². The number of benzene rings is 1. The normalized spacial score (nSPS) is 14.4. The van der Waals surface area contributed by atoms with Gasteiger partial charge in [-0.05, 0) is 32.0 Å². The van der Waals surface area contributed by atoms with Crippen LogP contribution in [0.2, 0.25) is 10.0 Å². The van der Waals surface area contributed by atoms with Crippen LogP contribution in [-0.4, -0.2) is 29.6 Å². The third-order valence-electron chi connectivity index (χ3n) is 2.41. The van der Waals surface area contributed by atoms with Gasteiger partial charge in [0.15, 0.2) is 5.78 Å². The quantitative estimate of drug-likeness (QED) is 0.812. The molecule has 1 rings (SSSR count). The highest BCUT2D eigenvalue weighted by atomic mass is 35.5. The Kier molecular flexibility index (Phi) is 5.40. The molecule has 0 bridgehead atoms. The summed E-state index contributed by atoms with van der Waals surface area (Å²) in [6, 6.07) is 4.28. The molecule has 17 heavy (non-hydrogen) atoms. The number of aliphatic hydroxyl groups is 1. The minimum absolute atomic E-state index is 0.0149. The predicted octanol–water partition coefficient (Wildman–Crippen LogP) is 2.54. The van der Waals surface area contributed by atoms with Crippen molar-refractivity contribution in [2.75, 3.05) is 6.61 Å². The number of nitrogens with one attached hydrogen (secondary N) is 1. The summed E-state index contributed by atoms with van der Waals surface area (Å²) in [5.74, 6) is -0.0798. The molecule has 3 nitrogen and oxygen atoms in total. The average molecular weight is 276 g/mol. The lowest BCUT2D eigenvalue weighted by molar-refractivity contribution is 0.0939. The highest BCUT2D eigenvalue weighted by Gasteiger charge is 2.17. The van der Waals surface area contributed by atoms with Crippen molar-refractivity contribution in [1.29, 1.82) is 0 Å². The summed E-state index contributed by atoms with van der Waals surface area (Å²) in [4.78, 5) is 12.0. The van der Waals surface area contributed by atoms with Gasteiger partial charge in [-0.1, -0.05) is 23.2 Å². The van der Waals surface area contributed by atoms with Crippen LogP contribution >= 0.6 is 23.2 Å². The van der Waals surface area contributed by atoms with Crippen LogP contribution in [-0.2, 0) is 0 Å². The van der Waals surface area contributed by atoms with E-state index in [1.807, 2.05) is 0 Å². The maximum Gasteiger partial charge on any atom is 0.179 e. The summed E-state index contributed by atoms with van der Waals surface area (Å²) < 4.78 is 0. The number of carbonyl (C=O) groups excluding carboxylic acids is 1. The number of rotatable bonds is 5. The number of hydrogen-bond donors (Lipinski definition) is 2. The molecule has 5 heteroatoms. The first-order valence-electron chi connectivity index (χ1n) is 5.32. The molecule has 2 atom stereocenters. The number of halogens is 2. The van der Waals surface area contributed by atoms with Gasteiger partial charge in [0.1, 0.15) is 0 Å². The van der Waals surface area contributed by atoms with E-state index in [0.717, 1.165) is 0 Å². The Bertz CT molecular complexity index is 409. The first-order chi connectivity index (χ1) is 7.95. The van der Waals surface area contributed by atoms with Crippen molar-refractivity contribution in [1.82, 2.24) is 5.32 Å². The molecule has 94 valence electrons. The molecule has 2 N–H and O–H groups in total. The van der Waals surface area contributed by atoms with Crippen molar-refractivity contribution in [3.63, 3.8) is 0 Å². The lowest BCUT2D eigenvalue weighted by Crippen LogP contribution is -2.41. The van der Waals surface area contributed by atoms with E-state index in [1.165, 1.54) is 0 Å². The Balaban J connectivity index is 2.78. The van der Waals surface area contributed by atoms with Gasteiger partial charge >= 0.3 is 0 Å². The molecule has 1 aromatic rings. The molecule has 0 saturated carbocycles. The van der Waals surface area contributed by atoms with Crippen molar-refractivity contribution in [2.24, 2.45) is 0 Å². The Morgan fingerprint density at radius 1 is 1.35 bits per heavy atom. The molecule has 0 radical (unpaired) electrons. The van der Waals surface area contributed by atoms with Crippen LogP contribution in [0.3, 0.4) is 0 Å². The number of ketones is 1. The first kappa shape index (κ1) is 14.5. The van der Waals surface area contributed by atoms with E-state index in [1.54, 1.807) is 32.0 Å². The van der Waals surface area contributed by atoms with E-state index >= 15 is 0 Å². The molecule has 0 saturated heterocycles. The molecule has 0 amide bonds. The summed E-state index contributed by atoms with van der Waals surface area (Å²) in [5, 5.41) is 12.7. The Morgan fingerprint density at radius 3 is 2.53 bits per heavy atom. The maximum atomic E-state index is 12.0. The van der Waals surface area contributed by atoms with Gasteiger partial charge < -0.3 is 10.4 Å². The largest absolute Gasteiger partial charge is 0.395 e. The third kappa shape index (κ3) is 3.96. The zero-order valence-corrected chi connectivity index (χ0v) is 11.2. The zero-order valence-electron chi connectivity index (χ0n) is 9.71. The average Bonchev–Trinajstić information content (AvgIpc) is 2.31. The van der Waals surface area contributed by atoms with Gasteiger partial charge in [0.2, 0.25) is 0 Å². The van der Waals surface area contributed by atoms with Crippen molar-refractivity contribution in [3.8, 4) is 0 Å². The van der Waals surface area contributed by atoms with Gasteiger partial charge in [-0.25, -0.2) is 0 Å². The number of hydrogen-bond acceptors (Lipinski definition) is 3. The molecule has 0 aromatic heterocycles. The van der Waals surface area contributed by atoms with Gasteiger partial charge in [-0.2, -0.15) is 0 Å². The predicted molar refractivity (Wildman–Crippen MR) is 69.9 cm³/mol. The summed E-state index contributed by atoms with van der Waals surface area (Å²) in [6.45, 7) is 3.54. The fraction of sp³-hybridized carbons (Fsp3) is 0.417. The third-order valence-corrected chi connectivity index (χ3v) is 3.14. The minimum Gasteiger partial charge on any atom is -0.395 e. The van der Waals surface area contributed by atoms with Crippen LogP contribution in [0.4, 0.5) is 0 Å². The lowest BCUT2D eigenvalue weighted by Gasteiger charge is -2.17. The van der Waals surface area contributed by atoms with Crippen LogP contribution in [0.1, 0.15) is 24.2 Å². The molecule has 0 heterocycles. The first-order valence-corrected chi connectivity index (χ1v) is 6.07. The Hall–Kier alpha value is -0.610. The second kappa shape index (κ2) is 6.36. The van der Waals surface area contributed by atoms with E-state index in [2.05, 4.69) is 5.32 Å². The van der Waals surface area contributed by atoms with Gasteiger partial charge in [-0.3, -0.25) is 4.79 Å². The van der Waals surface area contributed by atoms with Crippen molar-refractivity contribution < 1.29 is 9.90 Å². The SMILES string of the molecule is CC(CO)NC(C)C(=O)c1ccc(Cl)c(Cl)c1. The van der Waals surface area contributed by atoms with Crippen molar-refractivity contribution in [2.45, 2.75) is 25.9 Å². The van der Waals surface area contributed by atoms with Crippen LogP contribution < -0.4 is 5.32 Å². The smallest absolute Gasteiger partial charge is 0.179 e. The van der Waals surface area contributed by atoms with Gasteiger partial charge in [0.05, 0.1) is 22.7 Å². The summed E-state index contributed by atoms with van der Waals surface area (Å²) in [7, 11) is 0. The van der Waals surface area contributed by atoms with E-state index in [4.69, 9.17) is 28.3 Å². The standard InChI is InChI=1S/C12H15Cl2NO2/c1-7(6-16)15-8(2)12(17)9-3-4-10(13)11(14)5-9/h3-5,7-8,15-16H,6H2,1-2H3. The molecule has 0 spiro atoms. The van der Waals surface area contributed by atoms with E-state index in [9.17, 15) is 4.79 Å². The molecule has 1 aromatic carbocycles. The molecular weight excluding hydrogens is 261 g/mol. The van der Waals surface area contributed by atoms with Crippen LogP contribution in [0.15, 0.2) is 18.2 Å². The molecular formula is C12H15Cl2NO2. The molecule has 0 aliphatic rings. The summed E-state index contributed by atoms with van der Waals surface area (Å²) >= 11 is 11.6. The van der Waals surface area contributed by atoms with Gasteiger partial charge in [0.25, 0.3) is 0 Å². The number of carbonyl (C=O) groups is 1. The zero-order chi connectivity index (χ0) is 13.0. The summed E-state index contributed by atoms with van der Waals surface area (Å²) in [6.07, 6.45) is 0. The Labute approximate surface area is 111 Å². The topological polar surface area (TPSA) is 49.3 Å². The monoisotopic (exact) mass is 275 g/mol. The van der Waals surface area contributed by atoms with Crippen LogP contribution in [0.5, 0.6) is 0 Å². The highest BCUT2D eigenvalue weighted by molar-refractivity contribution is 6.42. The molecule has 0 aliphatic carbocycles. The van der Waals surface area contributed by atoms with E-state index < -0.39 is 0 Å². The number of Topliss-reactive ketones (excluding diaryl/α,β-unsaturated/α-hetero) is 1. The van der Waals surface area contributed by atoms with Crippen molar-refractivity contribution in [3.05, 3.63) is 33.8 Å². The maximum absolute atomic E-state index is 12.0. The van der Waals surface area contributed by atoms with E-state index in [0.29, 0.717) is 15.6 Å². The lowest BCUT2D eigenvalue weighted by atomic mass is 10.0. The Morgan fingerprint density at radius 2 is 2.00 bits per heavy atom. The fourth-order valence-electron chi connectivity index (χ4n) is 1.45. The highest BCUT2D eigenvalue weighted by Crippen LogP contribution is 2.23. The van der Waals surface area contributed by atoms with Crippen LogP contribution in [0, 0.1) is 0 Å². The number of aliphatic hydroxyl groups excluding tert-OH is 1. The second-order valence-corrected chi connectivity index (χ2v) is 4.78. The molecule has 0 fully saturated rings. The minimum atomic E-state index is -0.380. The molecule has 0 aliphatic heterocycles.